The van der Waals surface area contributed by atoms with Crippen molar-refractivity contribution < 1.29 is 14.3 Å². The van der Waals surface area contributed by atoms with E-state index in [9.17, 15) is 4.79 Å². The van der Waals surface area contributed by atoms with Crippen molar-refractivity contribution in [3.63, 3.8) is 0 Å². The lowest BCUT2D eigenvalue weighted by atomic mass is 9.70. The van der Waals surface area contributed by atoms with Crippen molar-refractivity contribution >= 4 is 5.78 Å². The molecule has 19 heavy (non-hydrogen) atoms. The molecule has 0 aliphatic rings. The minimum absolute atomic E-state index is 0.0595. The molecule has 0 aliphatic heterocycles. The molecule has 4 heteroatoms. The number of hydrogen-bond acceptors (Lipinski definition) is 4. The number of ketones is 1. The Morgan fingerprint density at radius 2 is 1.68 bits per heavy atom. The van der Waals surface area contributed by atoms with Crippen LogP contribution in [0.2, 0.25) is 0 Å². The average molecular weight is 265 g/mol. The summed E-state index contributed by atoms with van der Waals surface area (Å²) in [5, 5.41) is 0. The van der Waals surface area contributed by atoms with Gasteiger partial charge in [0.05, 0.1) is 19.8 Å². The minimum atomic E-state index is -0.716. The van der Waals surface area contributed by atoms with Crippen LogP contribution in [-0.4, -0.2) is 25.5 Å². The van der Waals surface area contributed by atoms with Crippen molar-refractivity contribution in [2.75, 3.05) is 14.2 Å². The molecular formula is C15H23NO3. The van der Waals surface area contributed by atoms with Crippen LogP contribution in [0.25, 0.3) is 0 Å². The Bertz CT molecular complexity index is 473. The first-order valence-corrected chi connectivity index (χ1v) is 6.21. The van der Waals surface area contributed by atoms with E-state index in [1.807, 2.05) is 27.7 Å². The van der Waals surface area contributed by atoms with Crippen LogP contribution < -0.4 is 15.2 Å². The molecule has 0 aromatic heterocycles. The number of Topliss-reactive ketones (excluding diaryl/α,β-unsaturated/α-hetero) is 1. The van der Waals surface area contributed by atoms with Crippen molar-refractivity contribution in [2.24, 2.45) is 11.1 Å². The van der Waals surface area contributed by atoms with Crippen molar-refractivity contribution in [3.8, 4) is 11.5 Å². The van der Waals surface area contributed by atoms with E-state index in [2.05, 4.69) is 0 Å². The fourth-order valence-electron chi connectivity index (χ4n) is 1.62. The Morgan fingerprint density at radius 1 is 1.11 bits per heavy atom. The van der Waals surface area contributed by atoms with E-state index in [4.69, 9.17) is 15.2 Å². The third-order valence-electron chi connectivity index (χ3n) is 3.83. The zero-order valence-corrected chi connectivity index (χ0v) is 12.5. The molecule has 0 unspecified atom stereocenters. The summed E-state index contributed by atoms with van der Waals surface area (Å²) in [4.78, 5) is 12.7. The van der Waals surface area contributed by atoms with Gasteiger partial charge in [-0.1, -0.05) is 13.8 Å². The second-order valence-electron chi connectivity index (χ2n) is 5.74. The van der Waals surface area contributed by atoms with E-state index in [1.54, 1.807) is 32.4 Å². The van der Waals surface area contributed by atoms with E-state index < -0.39 is 11.0 Å². The summed E-state index contributed by atoms with van der Waals surface area (Å²) < 4.78 is 10.4. The van der Waals surface area contributed by atoms with Crippen LogP contribution in [0, 0.1) is 5.41 Å². The lowest BCUT2D eigenvalue weighted by molar-refractivity contribution is 0.0731. The SMILES string of the molecule is COc1ccc(OC)c(C(=O)C(C)(C)C(C)(C)N)c1. The highest BCUT2D eigenvalue weighted by Crippen LogP contribution is 2.36. The highest BCUT2D eigenvalue weighted by molar-refractivity contribution is 6.03. The summed E-state index contributed by atoms with van der Waals surface area (Å²) in [6.07, 6.45) is 0. The lowest BCUT2D eigenvalue weighted by Gasteiger charge is -2.37. The fraction of sp³-hybridized carbons (Fsp3) is 0.533. The maximum absolute atomic E-state index is 12.7. The first-order valence-electron chi connectivity index (χ1n) is 6.21. The summed E-state index contributed by atoms with van der Waals surface area (Å²) in [5.74, 6) is 1.09. The van der Waals surface area contributed by atoms with E-state index in [1.165, 1.54) is 0 Å². The van der Waals surface area contributed by atoms with Crippen molar-refractivity contribution in [1.82, 2.24) is 0 Å². The molecule has 0 spiro atoms. The molecule has 0 fully saturated rings. The van der Waals surface area contributed by atoms with Crippen LogP contribution in [-0.2, 0) is 0 Å². The molecule has 0 radical (unpaired) electrons. The Morgan fingerprint density at radius 3 is 2.11 bits per heavy atom. The third-order valence-corrected chi connectivity index (χ3v) is 3.83. The predicted octanol–water partition coefficient (Wildman–Crippen LogP) is 2.65. The summed E-state index contributed by atoms with van der Waals surface area (Å²) >= 11 is 0. The van der Waals surface area contributed by atoms with Gasteiger partial charge in [-0.15, -0.1) is 0 Å². The molecule has 0 atom stereocenters. The van der Waals surface area contributed by atoms with Crippen LogP contribution in [0.15, 0.2) is 18.2 Å². The second-order valence-corrected chi connectivity index (χ2v) is 5.74. The molecule has 1 rings (SSSR count). The number of carbonyl (C=O) groups excluding carboxylic acids is 1. The van der Waals surface area contributed by atoms with Crippen LogP contribution in [0.5, 0.6) is 11.5 Å². The quantitative estimate of drug-likeness (QED) is 0.831. The second kappa shape index (κ2) is 5.21. The first-order chi connectivity index (χ1) is 8.65. The minimum Gasteiger partial charge on any atom is -0.497 e. The molecule has 2 N–H and O–H groups in total. The van der Waals surface area contributed by atoms with Crippen LogP contribution in [0.1, 0.15) is 38.1 Å². The molecule has 0 heterocycles. The Hall–Kier alpha value is -1.55. The zero-order chi connectivity index (χ0) is 14.8. The van der Waals surface area contributed by atoms with Gasteiger partial charge < -0.3 is 15.2 Å². The summed E-state index contributed by atoms with van der Waals surface area (Å²) in [6, 6.07) is 5.18. The topological polar surface area (TPSA) is 61.5 Å². The molecule has 0 amide bonds. The van der Waals surface area contributed by atoms with Gasteiger partial charge in [0.1, 0.15) is 11.5 Å². The number of hydrogen-bond donors (Lipinski definition) is 1. The maximum atomic E-state index is 12.7. The number of rotatable bonds is 5. The van der Waals surface area contributed by atoms with Gasteiger partial charge in [0.2, 0.25) is 0 Å². The predicted molar refractivity (Wildman–Crippen MR) is 75.9 cm³/mol. The summed E-state index contributed by atoms with van der Waals surface area (Å²) in [7, 11) is 3.10. The first kappa shape index (κ1) is 15.5. The van der Waals surface area contributed by atoms with Gasteiger partial charge in [0.25, 0.3) is 0 Å². The molecular weight excluding hydrogens is 242 g/mol. The molecule has 1 aromatic carbocycles. The molecule has 0 aliphatic carbocycles. The fourth-order valence-corrected chi connectivity index (χ4v) is 1.62. The van der Waals surface area contributed by atoms with Gasteiger partial charge in [-0.05, 0) is 32.0 Å². The highest BCUT2D eigenvalue weighted by Gasteiger charge is 2.41. The van der Waals surface area contributed by atoms with E-state index in [0.717, 1.165) is 0 Å². The van der Waals surface area contributed by atoms with E-state index >= 15 is 0 Å². The van der Waals surface area contributed by atoms with E-state index in [-0.39, 0.29) is 5.78 Å². The van der Waals surface area contributed by atoms with Crippen LogP contribution in [0.3, 0.4) is 0 Å². The maximum Gasteiger partial charge on any atom is 0.174 e. The smallest absolute Gasteiger partial charge is 0.174 e. The molecule has 0 saturated carbocycles. The summed E-state index contributed by atoms with van der Waals surface area (Å²) in [6.45, 7) is 7.37. The Labute approximate surface area is 114 Å². The monoisotopic (exact) mass is 265 g/mol. The largest absolute Gasteiger partial charge is 0.497 e. The normalized spacial score (nSPS) is 12.2. The lowest BCUT2D eigenvalue weighted by Crippen LogP contribution is -2.51. The van der Waals surface area contributed by atoms with Crippen molar-refractivity contribution in [1.29, 1.82) is 0 Å². The number of carbonyl (C=O) groups is 1. The van der Waals surface area contributed by atoms with E-state index in [0.29, 0.717) is 17.1 Å². The van der Waals surface area contributed by atoms with Gasteiger partial charge in [0.15, 0.2) is 5.78 Å². The van der Waals surface area contributed by atoms with Crippen molar-refractivity contribution in [2.45, 2.75) is 33.2 Å². The number of nitrogens with two attached hydrogens (primary N) is 1. The number of benzene rings is 1. The number of methoxy groups -OCH3 is 2. The molecule has 1 aromatic rings. The molecule has 4 nitrogen and oxygen atoms in total. The number of ether oxygens (including phenoxy) is 2. The molecule has 0 saturated heterocycles. The zero-order valence-electron chi connectivity index (χ0n) is 12.5. The van der Waals surface area contributed by atoms with Gasteiger partial charge in [-0.25, -0.2) is 0 Å². The molecule has 106 valence electrons. The Kier molecular flexibility index (Phi) is 4.25. The standard InChI is InChI=1S/C15H23NO3/c1-14(2,15(3,4)16)13(17)11-9-10(18-5)7-8-12(11)19-6/h7-9H,16H2,1-6H3. The van der Waals surface area contributed by atoms with Crippen LogP contribution in [0.4, 0.5) is 0 Å². The van der Waals surface area contributed by atoms with Gasteiger partial charge in [-0.3, -0.25) is 4.79 Å². The Balaban J connectivity index is 3.33. The highest BCUT2D eigenvalue weighted by atomic mass is 16.5. The van der Waals surface area contributed by atoms with Gasteiger partial charge in [0, 0.05) is 11.0 Å². The van der Waals surface area contributed by atoms with Crippen molar-refractivity contribution in [3.05, 3.63) is 23.8 Å². The third kappa shape index (κ3) is 2.89. The summed E-state index contributed by atoms with van der Waals surface area (Å²) in [5.41, 5.74) is 5.26. The average Bonchev–Trinajstić information content (AvgIpc) is 2.35. The van der Waals surface area contributed by atoms with Crippen LogP contribution >= 0.6 is 0 Å². The molecule has 0 bridgehead atoms. The van der Waals surface area contributed by atoms with Gasteiger partial charge in [-0.2, -0.15) is 0 Å². The van der Waals surface area contributed by atoms with Gasteiger partial charge >= 0.3 is 0 Å².